The summed E-state index contributed by atoms with van der Waals surface area (Å²) in [7, 11) is -3.69. The molecule has 0 bridgehead atoms. The molecule has 0 aliphatic carbocycles. The SMILES string of the molecule is Cc1ccc(C#N)cc1S(=O)(=O)NCCN=[N+]=[N-]. The maximum Gasteiger partial charge on any atom is 0.240 e. The van der Waals surface area contributed by atoms with Crippen LogP contribution in [-0.4, -0.2) is 21.5 Å². The van der Waals surface area contributed by atoms with Crippen LogP contribution in [0.1, 0.15) is 11.1 Å². The van der Waals surface area contributed by atoms with E-state index in [2.05, 4.69) is 14.7 Å². The molecule has 0 aromatic heterocycles. The first-order chi connectivity index (χ1) is 8.51. The van der Waals surface area contributed by atoms with Crippen LogP contribution in [0.15, 0.2) is 28.2 Å². The van der Waals surface area contributed by atoms with E-state index in [9.17, 15) is 8.42 Å². The Kier molecular flexibility index (Phi) is 4.68. The van der Waals surface area contributed by atoms with Crippen molar-refractivity contribution in [3.63, 3.8) is 0 Å². The Labute approximate surface area is 105 Å². The standard InChI is InChI=1S/C10H11N5O2S/c1-8-2-3-9(7-11)6-10(8)18(16,17)14-5-4-13-15-12/h2-3,6,14H,4-5H2,1H3. The highest BCUT2D eigenvalue weighted by Crippen LogP contribution is 2.16. The molecule has 7 nitrogen and oxygen atoms in total. The molecule has 0 radical (unpaired) electrons. The van der Waals surface area contributed by atoms with E-state index in [1.165, 1.54) is 6.07 Å². The Morgan fingerprint density at radius 2 is 2.28 bits per heavy atom. The minimum atomic E-state index is -3.69. The highest BCUT2D eigenvalue weighted by Gasteiger charge is 2.16. The van der Waals surface area contributed by atoms with E-state index in [0.29, 0.717) is 5.56 Å². The van der Waals surface area contributed by atoms with Crippen molar-refractivity contribution in [2.45, 2.75) is 11.8 Å². The zero-order valence-electron chi connectivity index (χ0n) is 9.66. The molecule has 1 rings (SSSR count). The number of aryl methyl sites for hydroxylation is 1. The van der Waals surface area contributed by atoms with Gasteiger partial charge in [-0.2, -0.15) is 5.26 Å². The van der Waals surface area contributed by atoms with E-state index in [1.807, 2.05) is 6.07 Å². The van der Waals surface area contributed by atoms with E-state index in [1.54, 1.807) is 19.1 Å². The van der Waals surface area contributed by atoms with Crippen molar-refractivity contribution >= 4 is 10.0 Å². The first-order valence-corrected chi connectivity index (χ1v) is 6.51. The molecule has 8 heteroatoms. The molecule has 0 saturated carbocycles. The largest absolute Gasteiger partial charge is 0.240 e. The van der Waals surface area contributed by atoms with Gasteiger partial charge in [-0.1, -0.05) is 11.2 Å². The summed E-state index contributed by atoms with van der Waals surface area (Å²) in [4.78, 5) is 2.58. The summed E-state index contributed by atoms with van der Waals surface area (Å²) in [6.45, 7) is 1.69. The third-order valence-corrected chi connectivity index (χ3v) is 3.78. The molecule has 0 heterocycles. The molecule has 0 saturated heterocycles. The number of hydrogen-bond donors (Lipinski definition) is 1. The number of azide groups is 1. The molecule has 1 aromatic carbocycles. The number of nitrogens with one attached hydrogen (secondary N) is 1. The lowest BCUT2D eigenvalue weighted by molar-refractivity contribution is 0.581. The first-order valence-electron chi connectivity index (χ1n) is 5.02. The second-order valence-electron chi connectivity index (χ2n) is 3.44. The van der Waals surface area contributed by atoms with Gasteiger partial charge in [0.2, 0.25) is 10.0 Å². The lowest BCUT2D eigenvalue weighted by atomic mass is 10.2. The molecule has 0 amide bonds. The predicted octanol–water partition coefficient (Wildman–Crippen LogP) is 1.46. The average Bonchev–Trinajstić information content (AvgIpc) is 2.35. The van der Waals surface area contributed by atoms with Crippen LogP contribution in [0, 0.1) is 18.3 Å². The van der Waals surface area contributed by atoms with Crippen LogP contribution in [0.5, 0.6) is 0 Å². The fraction of sp³-hybridized carbons (Fsp3) is 0.300. The quantitative estimate of drug-likeness (QED) is 0.375. The summed E-state index contributed by atoms with van der Waals surface area (Å²) in [5.41, 5.74) is 8.89. The summed E-state index contributed by atoms with van der Waals surface area (Å²) < 4.78 is 26.2. The van der Waals surface area contributed by atoms with Crippen LogP contribution in [-0.2, 0) is 10.0 Å². The molecule has 0 spiro atoms. The Hall–Kier alpha value is -2.07. The molecule has 18 heavy (non-hydrogen) atoms. The Balaban J connectivity index is 2.98. The van der Waals surface area contributed by atoms with E-state index in [0.717, 1.165) is 0 Å². The van der Waals surface area contributed by atoms with Crippen LogP contribution in [0.25, 0.3) is 10.4 Å². The second kappa shape index (κ2) is 6.02. The molecule has 0 unspecified atom stereocenters. The fourth-order valence-corrected chi connectivity index (χ4v) is 2.60. The highest BCUT2D eigenvalue weighted by atomic mass is 32.2. The second-order valence-corrected chi connectivity index (χ2v) is 5.18. The van der Waals surface area contributed by atoms with E-state index >= 15 is 0 Å². The fourth-order valence-electron chi connectivity index (χ4n) is 1.31. The summed E-state index contributed by atoms with van der Waals surface area (Å²) in [6.07, 6.45) is 0. The van der Waals surface area contributed by atoms with Gasteiger partial charge in [-0.25, -0.2) is 13.1 Å². The average molecular weight is 265 g/mol. The lowest BCUT2D eigenvalue weighted by Gasteiger charge is -2.08. The van der Waals surface area contributed by atoms with Gasteiger partial charge in [0.1, 0.15) is 0 Å². The van der Waals surface area contributed by atoms with Crippen molar-refractivity contribution in [1.82, 2.24) is 4.72 Å². The summed E-state index contributed by atoms with van der Waals surface area (Å²) in [6, 6.07) is 6.31. The van der Waals surface area contributed by atoms with Gasteiger partial charge >= 0.3 is 0 Å². The smallest absolute Gasteiger partial charge is 0.211 e. The van der Waals surface area contributed by atoms with Crippen LogP contribution >= 0.6 is 0 Å². The van der Waals surface area contributed by atoms with Crippen LogP contribution in [0.3, 0.4) is 0 Å². The number of hydrogen-bond acceptors (Lipinski definition) is 4. The molecule has 0 atom stereocenters. The molecule has 0 aliphatic rings. The maximum absolute atomic E-state index is 11.9. The van der Waals surface area contributed by atoms with Gasteiger partial charge in [-0.05, 0) is 30.2 Å². The van der Waals surface area contributed by atoms with Crippen molar-refractivity contribution in [2.24, 2.45) is 5.11 Å². The molecular formula is C10H11N5O2S. The van der Waals surface area contributed by atoms with Crippen LogP contribution in [0.2, 0.25) is 0 Å². The van der Waals surface area contributed by atoms with Crippen molar-refractivity contribution in [1.29, 1.82) is 5.26 Å². The Bertz CT molecular complexity index is 626. The lowest BCUT2D eigenvalue weighted by Crippen LogP contribution is -2.26. The van der Waals surface area contributed by atoms with Gasteiger partial charge in [-0.15, -0.1) is 0 Å². The van der Waals surface area contributed by atoms with Gasteiger partial charge in [-0.3, -0.25) is 0 Å². The van der Waals surface area contributed by atoms with Crippen LogP contribution in [0.4, 0.5) is 0 Å². The normalized spacial score (nSPS) is 10.4. The van der Waals surface area contributed by atoms with E-state index in [-0.39, 0.29) is 23.5 Å². The number of rotatable bonds is 5. The molecule has 1 aromatic rings. The van der Waals surface area contributed by atoms with E-state index < -0.39 is 10.0 Å². The maximum atomic E-state index is 11.9. The molecular weight excluding hydrogens is 254 g/mol. The Morgan fingerprint density at radius 1 is 1.56 bits per heavy atom. The summed E-state index contributed by atoms with van der Waals surface area (Å²) >= 11 is 0. The third kappa shape index (κ3) is 3.46. The molecule has 0 aliphatic heterocycles. The topological polar surface area (TPSA) is 119 Å². The van der Waals surface area contributed by atoms with Gasteiger partial charge in [0.15, 0.2) is 0 Å². The van der Waals surface area contributed by atoms with Gasteiger partial charge < -0.3 is 0 Å². The molecule has 1 N–H and O–H groups in total. The monoisotopic (exact) mass is 265 g/mol. The zero-order chi connectivity index (χ0) is 13.6. The van der Waals surface area contributed by atoms with Gasteiger partial charge in [0, 0.05) is 18.0 Å². The third-order valence-electron chi connectivity index (χ3n) is 2.17. The van der Waals surface area contributed by atoms with Gasteiger partial charge in [0.05, 0.1) is 16.5 Å². The van der Waals surface area contributed by atoms with Crippen molar-refractivity contribution in [3.8, 4) is 6.07 Å². The van der Waals surface area contributed by atoms with E-state index in [4.69, 9.17) is 10.8 Å². The van der Waals surface area contributed by atoms with Gasteiger partial charge in [0.25, 0.3) is 0 Å². The number of nitrogens with zero attached hydrogens (tertiary/aromatic N) is 4. The number of nitriles is 1. The Morgan fingerprint density at radius 3 is 2.89 bits per heavy atom. The zero-order valence-corrected chi connectivity index (χ0v) is 10.5. The first kappa shape index (κ1) is 14.0. The summed E-state index contributed by atoms with van der Waals surface area (Å²) in [5, 5.41) is 12.0. The minimum Gasteiger partial charge on any atom is -0.211 e. The molecule has 0 fully saturated rings. The summed E-state index contributed by atoms with van der Waals surface area (Å²) in [5.74, 6) is 0. The number of benzene rings is 1. The number of sulfonamides is 1. The predicted molar refractivity (Wildman–Crippen MR) is 65.1 cm³/mol. The highest BCUT2D eigenvalue weighted by molar-refractivity contribution is 7.89. The van der Waals surface area contributed by atoms with Crippen molar-refractivity contribution in [2.75, 3.05) is 13.1 Å². The van der Waals surface area contributed by atoms with Crippen molar-refractivity contribution in [3.05, 3.63) is 39.8 Å². The van der Waals surface area contributed by atoms with Crippen LogP contribution < -0.4 is 4.72 Å². The molecule has 94 valence electrons. The minimum absolute atomic E-state index is 0.0165. The van der Waals surface area contributed by atoms with Crippen molar-refractivity contribution < 1.29 is 8.42 Å².